The van der Waals surface area contributed by atoms with E-state index < -0.39 is 10.2 Å². The van der Waals surface area contributed by atoms with E-state index in [1.165, 1.54) is 25.5 Å². The molecule has 0 amide bonds. The molecule has 0 aromatic heterocycles. The molecule has 0 bridgehead atoms. The molecule has 0 aromatic carbocycles. The number of rotatable bonds is 4. The number of nitrogens with zero attached hydrogens (tertiary/aromatic N) is 2. The van der Waals surface area contributed by atoms with Crippen LogP contribution >= 0.6 is 0 Å². The normalized spacial score (nSPS) is 6.81. The summed E-state index contributed by atoms with van der Waals surface area (Å²) in [5.41, 5.74) is 0. The Labute approximate surface area is 102 Å². The van der Waals surface area contributed by atoms with E-state index in [0.29, 0.717) is 0 Å². The monoisotopic (exact) mass is 281 g/mol. The Morgan fingerprint density at radius 3 is 1.56 bits per heavy atom. The van der Waals surface area contributed by atoms with Gasteiger partial charge in [-0.2, -0.15) is 0 Å². The van der Waals surface area contributed by atoms with Crippen LogP contribution < -0.4 is 0 Å². The van der Waals surface area contributed by atoms with Crippen molar-refractivity contribution in [2.45, 2.75) is 32.6 Å². The maximum Gasteiger partial charge on any atom is 2.00 e. The molecule has 0 aliphatic rings. The summed E-state index contributed by atoms with van der Waals surface area (Å²) in [7, 11) is 0. The maximum absolute atomic E-state index is 8.25. The number of hydrogen-bond acceptors (Lipinski definition) is 7. The molecule has 1 N–H and O–H groups in total. The Morgan fingerprint density at radius 1 is 1.06 bits per heavy atom. The first-order chi connectivity index (χ1) is 6.88. The summed E-state index contributed by atoms with van der Waals surface area (Å²) in [4.78, 5) is 16.5. The van der Waals surface area contributed by atoms with Gasteiger partial charge in [0.1, 0.15) is 0 Å². The average Bonchev–Trinajstić information content (AvgIpc) is 2.03. The van der Waals surface area contributed by atoms with E-state index in [0.717, 1.165) is 6.42 Å². The van der Waals surface area contributed by atoms with Gasteiger partial charge >= 0.3 is 16.5 Å². The average molecular weight is 282 g/mol. The molecule has 98 valence electrons. The van der Waals surface area contributed by atoms with Gasteiger partial charge in [-0.25, -0.2) is 0 Å². The standard InChI is InChI=1S/C6H13N.2NO3.Ni/c1-2-3-4-5-6-7;2*2-1(3)4;/h6-7H,2-5H2,1H3;;;/q;2*-1;+2. The summed E-state index contributed by atoms with van der Waals surface area (Å²) in [6.07, 6.45) is 6.17. The third-order valence-corrected chi connectivity index (χ3v) is 0.952. The molecule has 0 rings (SSSR count). The van der Waals surface area contributed by atoms with Gasteiger partial charge in [0.25, 0.3) is 0 Å². The van der Waals surface area contributed by atoms with Gasteiger partial charge in [-0.1, -0.05) is 19.8 Å². The molecule has 16 heavy (non-hydrogen) atoms. The van der Waals surface area contributed by atoms with Crippen molar-refractivity contribution < 1.29 is 26.7 Å². The summed E-state index contributed by atoms with van der Waals surface area (Å²) < 4.78 is 0. The van der Waals surface area contributed by atoms with Crippen LogP contribution in [0, 0.1) is 36.1 Å². The molecular weight excluding hydrogens is 269 g/mol. The maximum atomic E-state index is 8.25. The molecule has 0 fully saturated rings. The Kier molecular flexibility index (Phi) is 35.1. The molecule has 0 atom stereocenters. The van der Waals surface area contributed by atoms with Crippen LogP contribution in [0.2, 0.25) is 0 Å². The third kappa shape index (κ3) is 256. The van der Waals surface area contributed by atoms with Crippen molar-refractivity contribution in [3.8, 4) is 0 Å². The van der Waals surface area contributed by atoms with Gasteiger partial charge < -0.3 is 36.1 Å². The zero-order valence-electron chi connectivity index (χ0n) is 8.57. The van der Waals surface area contributed by atoms with Gasteiger partial charge in [0.2, 0.25) is 0 Å². The van der Waals surface area contributed by atoms with Crippen LogP contribution in [0.5, 0.6) is 0 Å². The van der Waals surface area contributed by atoms with Gasteiger partial charge in [-0.3, -0.25) is 0 Å². The van der Waals surface area contributed by atoms with E-state index >= 15 is 0 Å². The van der Waals surface area contributed by atoms with Crippen molar-refractivity contribution in [3.05, 3.63) is 30.6 Å². The van der Waals surface area contributed by atoms with Crippen molar-refractivity contribution in [1.82, 2.24) is 0 Å². The van der Waals surface area contributed by atoms with Crippen LogP contribution in [0.1, 0.15) is 32.6 Å². The second-order valence-corrected chi connectivity index (χ2v) is 2.15. The van der Waals surface area contributed by atoms with E-state index in [9.17, 15) is 0 Å². The fourth-order valence-electron chi connectivity index (χ4n) is 0.496. The molecular formula is C6H13N3NiO6. The van der Waals surface area contributed by atoms with Crippen LogP contribution in [-0.2, 0) is 16.5 Å². The predicted molar refractivity (Wildman–Crippen MR) is 53.6 cm³/mol. The molecule has 0 radical (unpaired) electrons. The minimum Gasteiger partial charge on any atom is -0.356 e. The Bertz CT molecular complexity index is 160. The van der Waals surface area contributed by atoms with Crippen molar-refractivity contribution in [2.24, 2.45) is 0 Å². The first-order valence-electron chi connectivity index (χ1n) is 4.00. The Morgan fingerprint density at radius 2 is 1.38 bits per heavy atom. The Hall–Kier alpha value is -1.44. The summed E-state index contributed by atoms with van der Waals surface area (Å²) in [5.74, 6) is 0. The van der Waals surface area contributed by atoms with Gasteiger partial charge in [0.15, 0.2) is 0 Å². The van der Waals surface area contributed by atoms with E-state index in [1.807, 2.05) is 0 Å². The van der Waals surface area contributed by atoms with E-state index in [2.05, 4.69) is 6.92 Å². The first-order valence-corrected chi connectivity index (χ1v) is 4.00. The molecule has 0 saturated heterocycles. The van der Waals surface area contributed by atoms with Crippen molar-refractivity contribution >= 4 is 6.21 Å². The molecule has 0 spiro atoms. The second kappa shape index (κ2) is 23.4. The predicted octanol–water partition coefficient (Wildman–Crippen LogP) is 1.74. The van der Waals surface area contributed by atoms with Crippen molar-refractivity contribution in [1.29, 1.82) is 5.41 Å². The van der Waals surface area contributed by atoms with Crippen LogP contribution in [0.25, 0.3) is 0 Å². The third-order valence-electron chi connectivity index (χ3n) is 0.952. The topological polar surface area (TPSA) is 156 Å². The molecule has 10 heteroatoms. The van der Waals surface area contributed by atoms with Gasteiger partial charge in [-0.15, -0.1) is 0 Å². The molecule has 0 aromatic rings. The van der Waals surface area contributed by atoms with Crippen molar-refractivity contribution in [3.63, 3.8) is 0 Å². The minimum absolute atomic E-state index is 0. The zero-order valence-corrected chi connectivity index (χ0v) is 9.55. The molecule has 0 aliphatic carbocycles. The van der Waals surface area contributed by atoms with E-state index in [-0.39, 0.29) is 16.5 Å². The first kappa shape index (κ1) is 24.0. The second-order valence-electron chi connectivity index (χ2n) is 2.15. The quantitative estimate of drug-likeness (QED) is 0.272. The molecule has 0 saturated carbocycles. The molecule has 0 heterocycles. The van der Waals surface area contributed by atoms with Gasteiger partial charge in [0.05, 0.1) is 10.2 Å². The van der Waals surface area contributed by atoms with Crippen LogP contribution in [0.15, 0.2) is 0 Å². The number of unbranched alkanes of at least 4 members (excludes halogenated alkanes) is 3. The summed E-state index contributed by atoms with van der Waals surface area (Å²) in [5, 5.41) is 36.2. The largest absolute Gasteiger partial charge is 2.00 e. The van der Waals surface area contributed by atoms with Gasteiger partial charge in [-0.05, 0) is 19.1 Å². The number of hydrogen-bond donors (Lipinski definition) is 1. The van der Waals surface area contributed by atoms with Crippen LogP contribution in [0.3, 0.4) is 0 Å². The van der Waals surface area contributed by atoms with Crippen LogP contribution in [0.4, 0.5) is 0 Å². The number of nitrogens with one attached hydrogen (secondary N) is 1. The van der Waals surface area contributed by atoms with Crippen molar-refractivity contribution in [2.75, 3.05) is 0 Å². The fourth-order valence-corrected chi connectivity index (χ4v) is 0.496. The van der Waals surface area contributed by atoms with Crippen LogP contribution in [-0.4, -0.2) is 16.4 Å². The summed E-state index contributed by atoms with van der Waals surface area (Å²) in [6, 6.07) is 0. The zero-order chi connectivity index (χ0) is 12.7. The fraction of sp³-hybridized carbons (Fsp3) is 0.833. The minimum atomic E-state index is -1.75. The van der Waals surface area contributed by atoms with E-state index in [1.54, 1.807) is 0 Å². The molecule has 9 nitrogen and oxygen atoms in total. The smallest absolute Gasteiger partial charge is 0.356 e. The SMILES string of the molecule is CCCCCC=N.O=[N+]([O-])[O-].O=[N+]([O-])[O-].[Ni+2]. The molecule has 0 unspecified atom stereocenters. The van der Waals surface area contributed by atoms with Gasteiger partial charge in [0, 0.05) is 0 Å². The summed E-state index contributed by atoms with van der Waals surface area (Å²) in [6.45, 7) is 2.17. The van der Waals surface area contributed by atoms with E-state index in [4.69, 9.17) is 36.1 Å². The molecule has 0 aliphatic heterocycles. The Balaban J connectivity index is -0.0000000700. The summed E-state index contributed by atoms with van der Waals surface area (Å²) >= 11 is 0.